The van der Waals surface area contributed by atoms with Crippen LogP contribution in [-0.2, 0) is 20.7 Å². The SMILES string of the molecule is CC1=C(C(=O)OCCc2ccccc2)[C@H](c2ccc(Cl)cc2Cl)CC(=O)N1. The van der Waals surface area contributed by atoms with E-state index in [1.54, 1.807) is 25.1 Å². The van der Waals surface area contributed by atoms with E-state index in [0.717, 1.165) is 5.56 Å². The van der Waals surface area contributed by atoms with Gasteiger partial charge in [-0.2, -0.15) is 0 Å². The average Bonchev–Trinajstić information content (AvgIpc) is 2.62. The average molecular weight is 404 g/mol. The minimum Gasteiger partial charge on any atom is -0.462 e. The fourth-order valence-corrected chi connectivity index (χ4v) is 3.75. The minimum absolute atomic E-state index is 0.127. The Morgan fingerprint density at radius 3 is 2.63 bits per heavy atom. The lowest BCUT2D eigenvalue weighted by Gasteiger charge is -2.27. The molecule has 1 atom stereocenters. The molecule has 140 valence electrons. The topological polar surface area (TPSA) is 55.4 Å². The number of hydrogen-bond donors (Lipinski definition) is 1. The number of ether oxygens (including phenoxy) is 1. The van der Waals surface area contributed by atoms with Crippen molar-refractivity contribution >= 4 is 35.1 Å². The lowest BCUT2D eigenvalue weighted by atomic mass is 9.84. The minimum atomic E-state index is -0.465. The molecular weight excluding hydrogens is 385 g/mol. The van der Waals surface area contributed by atoms with Gasteiger partial charge in [-0.1, -0.05) is 59.6 Å². The summed E-state index contributed by atoms with van der Waals surface area (Å²) in [7, 11) is 0. The molecule has 6 heteroatoms. The van der Waals surface area contributed by atoms with Gasteiger partial charge in [-0.15, -0.1) is 0 Å². The van der Waals surface area contributed by atoms with E-state index in [4.69, 9.17) is 27.9 Å². The molecule has 1 N–H and O–H groups in total. The van der Waals surface area contributed by atoms with Crippen LogP contribution in [-0.4, -0.2) is 18.5 Å². The maximum atomic E-state index is 12.8. The van der Waals surface area contributed by atoms with Gasteiger partial charge in [0.15, 0.2) is 0 Å². The van der Waals surface area contributed by atoms with Gasteiger partial charge in [-0.05, 0) is 30.2 Å². The van der Waals surface area contributed by atoms with Gasteiger partial charge in [0.05, 0.1) is 12.2 Å². The summed E-state index contributed by atoms with van der Waals surface area (Å²) in [6.45, 7) is 1.95. The van der Waals surface area contributed by atoms with Crippen LogP contribution < -0.4 is 5.32 Å². The Hall–Kier alpha value is -2.30. The van der Waals surface area contributed by atoms with Crippen LogP contribution in [0.3, 0.4) is 0 Å². The van der Waals surface area contributed by atoms with Crippen LogP contribution >= 0.6 is 23.2 Å². The van der Waals surface area contributed by atoms with E-state index in [0.29, 0.717) is 33.3 Å². The zero-order valence-corrected chi connectivity index (χ0v) is 16.3. The zero-order valence-electron chi connectivity index (χ0n) is 14.8. The second-order valence-corrected chi connectivity index (χ2v) is 7.22. The molecule has 0 aromatic heterocycles. The first kappa shape index (κ1) is 19.5. The number of allylic oxidation sites excluding steroid dienone is 1. The van der Waals surface area contributed by atoms with Gasteiger partial charge in [-0.3, -0.25) is 4.79 Å². The number of nitrogens with one attached hydrogen (secondary N) is 1. The summed E-state index contributed by atoms with van der Waals surface area (Å²) < 4.78 is 5.49. The summed E-state index contributed by atoms with van der Waals surface area (Å²) >= 11 is 12.3. The first-order valence-electron chi connectivity index (χ1n) is 8.62. The highest BCUT2D eigenvalue weighted by molar-refractivity contribution is 6.35. The van der Waals surface area contributed by atoms with E-state index in [1.807, 2.05) is 30.3 Å². The number of benzene rings is 2. The molecule has 1 aliphatic rings. The van der Waals surface area contributed by atoms with Crippen molar-refractivity contribution in [2.24, 2.45) is 0 Å². The summed E-state index contributed by atoms with van der Waals surface area (Å²) in [5, 5.41) is 3.64. The summed E-state index contributed by atoms with van der Waals surface area (Å²) in [5.41, 5.74) is 2.69. The smallest absolute Gasteiger partial charge is 0.336 e. The Labute approximate surface area is 168 Å². The van der Waals surface area contributed by atoms with Gasteiger partial charge in [0, 0.05) is 34.5 Å². The molecule has 4 nitrogen and oxygen atoms in total. The molecular formula is C21H19Cl2NO3. The van der Waals surface area contributed by atoms with Crippen molar-refractivity contribution in [3.63, 3.8) is 0 Å². The van der Waals surface area contributed by atoms with Gasteiger partial charge in [0.1, 0.15) is 0 Å². The third-order valence-electron chi connectivity index (χ3n) is 4.49. The Morgan fingerprint density at radius 1 is 1.19 bits per heavy atom. The van der Waals surface area contributed by atoms with Crippen LogP contribution in [0.5, 0.6) is 0 Å². The van der Waals surface area contributed by atoms with Gasteiger partial charge in [-0.25, -0.2) is 4.79 Å². The molecule has 1 aliphatic heterocycles. The van der Waals surface area contributed by atoms with Crippen LogP contribution in [0.1, 0.15) is 30.4 Å². The Balaban J connectivity index is 1.80. The third-order valence-corrected chi connectivity index (χ3v) is 5.06. The first-order chi connectivity index (χ1) is 13.0. The van der Waals surface area contributed by atoms with E-state index < -0.39 is 11.9 Å². The van der Waals surface area contributed by atoms with E-state index >= 15 is 0 Å². The van der Waals surface area contributed by atoms with Crippen molar-refractivity contribution in [3.8, 4) is 0 Å². The lowest BCUT2D eigenvalue weighted by molar-refractivity contribution is -0.139. The monoisotopic (exact) mass is 403 g/mol. The van der Waals surface area contributed by atoms with Gasteiger partial charge in [0.25, 0.3) is 0 Å². The maximum absolute atomic E-state index is 12.8. The summed E-state index contributed by atoms with van der Waals surface area (Å²) in [6, 6.07) is 14.8. The number of esters is 1. The molecule has 0 aliphatic carbocycles. The van der Waals surface area contributed by atoms with Crippen molar-refractivity contribution in [2.45, 2.75) is 25.7 Å². The van der Waals surface area contributed by atoms with Crippen molar-refractivity contribution < 1.29 is 14.3 Å². The summed E-state index contributed by atoms with van der Waals surface area (Å²) in [4.78, 5) is 24.8. The highest BCUT2D eigenvalue weighted by atomic mass is 35.5. The van der Waals surface area contributed by atoms with E-state index in [2.05, 4.69) is 5.32 Å². The Morgan fingerprint density at radius 2 is 1.93 bits per heavy atom. The van der Waals surface area contributed by atoms with Crippen LogP contribution in [0.15, 0.2) is 59.8 Å². The number of carbonyl (C=O) groups excluding carboxylic acids is 2. The summed E-state index contributed by atoms with van der Waals surface area (Å²) in [6.07, 6.45) is 0.749. The molecule has 0 radical (unpaired) electrons. The molecule has 0 saturated carbocycles. The molecule has 1 heterocycles. The van der Waals surface area contributed by atoms with Crippen molar-refractivity contribution in [1.82, 2.24) is 5.32 Å². The second-order valence-electron chi connectivity index (χ2n) is 6.38. The molecule has 0 spiro atoms. The number of carbonyl (C=O) groups is 2. The largest absolute Gasteiger partial charge is 0.462 e. The van der Waals surface area contributed by atoms with Gasteiger partial charge in [0.2, 0.25) is 5.91 Å². The number of halogens is 2. The molecule has 27 heavy (non-hydrogen) atoms. The van der Waals surface area contributed by atoms with Crippen LogP contribution in [0, 0.1) is 0 Å². The number of rotatable bonds is 5. The summed E-state index contributed by atoms with van der Waals surface area (Å²) in [5.74, 6) is -1.07. The predicted molar refractivity (Wildman–Crippen MR) is 106 cm³/mol. The molecule has 2 aromatic rings. The highest BCUT2D eigenvalue weighted by Crippen LogP contribution is 2.38. The highest BCUT2D eigenvalue weighted by Gasteiger charge is 2.33. The quantitative estimate of drug-likeness (QED) is 0.738. The lowest BCUT2D eigenvalue weighted by Crippen LogP contribution is -2.34. The third kappa shape index (κ3) is 4.71. The van der Waals surface area contributed by atoms with Gasteiger partial charge < -0.3 is 10.1 Å². The molecule has 2 aromatic carbocycles. The second kappa shape index (κ2) is 8.59. The van der Waals surface area contributed by atoms with Crippen LogP contribution in [0.25, 0.3) is 0 Å². The molecule has 0 bridgehead atoms. The Kier molecular flexibility index (Phi) is 6.19. The van der Waals surface area contributed by atoms with Crippen molar-refractivity contribution in [3.05, 3.63) is 81.0 Å². The molecule has 1 amide bonds. The molecule has 0 fully saturated rings. The number of amides is 1. The normalized spacial score (nSPS) is 16.9. The fraction of sp³-hybridized carbons (Fsp3) is 0.238. The Bertz CT molecular complexity index is 894. The van der Waals surface area contributed by atoms with Crippen molar-refractivity contribution in [2.75, 3.05) is 6.61 Å². The van der Waals surface area contributed by atoms with E-state index in [-0.39, 0.29) is 18.9 Å². The fourth-order valence-electron chi connectivity index (χ4n) is 3.21. The standard InChI is InChI=1S/C21H19Cl2NO3/c1-13-20(21(26)27-10-9-14-5-3-2-4-6-14)17(12-19(25)24-13)16-8-7-15(22)11-18(16)23/h2-8,11,17H,9-10,12H2,1H3,(H,24,25)/t17-/m0/s1. The van der Waals surface area contributed by atoms with Gasteiger partial charge >= 0.3 is 5.97 Å². The molecule has 3 rings (SSSR count). The molecule has 0 saturated heterocycles. The first-order valence-corrected chi connectivity index (χ1v) is 9.38. The maximum Gasteiger partial charge on any atom is 0.336 e. The van der Waals surface area contributed by atoms with E-state index in [1.165, 1.54) is 0 Å². The van der Waals surface area contributed by atoms with Crippen molar-refractivity contribution in [1.29, 1.82) is 0 Å². The van der Waals surface area contributed by atoms with Crippen LogP contribution in [0.2, 0.25) is 10.0 Å². The number of hydrogen-bond acceptors (Lipinski definition) is 3. The predicted octanol–water partition coefficient (Wildman–Crippen LogP) is 4.66. The van der Waals surface area contributed by atoms with E-state index in [9.17, 15) is 9.59 Å². The zero-order chi connectivity index (χ0) is 19.4. The van der Waals surface area contributed by atoms with Crippen LogP contribution in [0.4, 0.5) is 0 Å². The molecule has 0 unspecified atom stereocenters.